The molecular formula is C15H24N6O5S. The Kier molecular flexibility index (Phi) is 5.99. The van der Waals surface area contributed by atoms with Crippen LogP contribution in [0.4, 0.5) is 17.5 Å². The van der Waals surface area contributed by atoms with Gasteiger partial charge in [-0.1, -0.05) is 12.7 Å². The first-order valence-electron chi connectivity index (χ1n) is 8.65. The van der Waals surface area contributed by atoms with Crippen molar-refractivity contribution in [1.29, 1.82) is 0 Å². The number of nitrogens with one attached hydrogen (secondary N) is 1. The first-order valence-corrected chi connectivity index (χ1v) is 10.5. The average Bonchev–Trinajstić information content (AvgIpc) is 2.66. The van der Waals surface area contributed by atoms with Crippen molar-refractivity contribution in [3.05, 3.63) is 22.8 Å². The lowest BCUT2D eigenvalue weighted by Gasteiger charge is -2.41. The molecule has 0 aliphatic carbocycles. The van der Waals surface area contributed by atoms with Crippen molar-refractivity contribution in [3.63, 3.8) is 0 Å². The minimum absolute atomic E-state index is 0.0822. The van der Waals surface area contributed by atoms with Crippen LogP contribution in [-0.4, -0.2) is 81.4 Å². The fourth-order valence-corrected chi connectivity index (χ4v) is 4.21. The van der Waals surface area contributed by atoms with Crippen LogP contribution in [0.2, 0.25) is 0 Å². The predicted octanol–water partition coefficient (Wildman–Crippen LogP) is 0.930. The second kappa shape index (κ2) is 8.25. The highest BCUT2D eigenvalue weighted by atomic mass is 32.3. The van der Waals surface area contributed by atoms with E-state index >= 15 is 0 Å². The smallest absolute Gasteiger partial charge is 0.373 e. The molecule has 0 aromatic carbocycles. The van der Waals surface area contributed by atoms with Gasteiger partial charge in [0.2, 0.25) is 11.8 Å². The van der Waals surface area contributed by atoms with Crippen molar-refractivity contribution in [2.75, 3.05) is 67.2 Å². The van der Waals surface area contributed by atoms with Crippen LogP contribution in [0.3, 0.4) is 0 Å². The van der Waals surface area contributed by atoms with Gasteiger partial charge in [-0.05, 0) is 0 Å². The van der Waals surface area contributed by atoms with E-state index < -0.39 is 15.5 Å². The lowest BCUT2D eigenvalue weighted by Crippen LogP contribution is -2.45. The van der Waals surface area contributed by atoms with Crippen molar-refractivity contribution in [3.8, 4) is 5.88 Å². The van der Waals surface area contributed by atoms with Gasteiger partial charge in [0.25, 0.3) is 0 Å². The van der Waals surface area contributed by atoms with Gasteiger partial charge in [-0.15, -0.1) is 0 Å². The largest absolute Gasteiger partial charge is 0.468 e. The molecule has 0 saturated carbocycles. The summed E-state index contributed by atoms with van der Waals surface area (Å²) in [5.74, 6) is 0.724. The minimum Gasteiger partial charge on any atom is -0.468 e. The Morgan fingerprint density at radius 1 is 1.22 bits per heavy atom. The van der Waals surface area contributed by atoms with E-state index in [-0.39, 0.29) is 48.6 Å². The maximum absolute atomic E-state index is 11.7. The van der Waals surface area contributed by atoms with Gasteiger partial charge in [-0.3, -0.25) is 19.2 Å². The molecule has 2 fully saturated rings. The van der Waals surface area contributed by atoms with Gasteiger partial charge in [-0.25, -0.2) is 0 Å². The molecule has 2 saturated heterocycles. The Morgan fingerprint density at radius 3 is 2.48 bits per heavy atom. The zero-order valence-corrected chi connectivity index (χ0v) is 15.7. The molecule has 1 aromatic rings. The Bertz CT molecular complexity index is 702. The second-order valence-electron chi connectivity index (χ2n) is 6.29. The monoisotopic (exact) mass is 400 g/mol. The van der Waals surface area contributed by atoms with Crippen LogP contribution in [0.25, 0.3) is 0 Å². The molecular weight excluding hydrogens is 376 g/mol. The average molecular weight is 400 g/mol. The fraction of sp³-hybridized carbons (Fsp3) is 0.600. The number of ether oxygens (including phenoxy) is 1. The van der Waals surface area contributed by atoms with Crippen molar-refractivity contribution in [2.45, 2.75) is 0 Å². The summed E-state index contributed by atoms with van der Waals surface area (Å²) < 4.78 is 25.2. The van der Waals surface area contributed by atoms with Gasteiger partial charge < -0.3 is 19.9 Å². The third-order valence-electron chi connectivity index (χ3n) is 4.42. The molecule has 0 atom stereocenters. The van der Waals surface area contributed by atoms with Gasteiger partial charge in [0.05, 0.1) is 16.4 Å². The highest BCUT2D eigenvalue weighted by molar-refractivity contribution is 8.24. The Morgan fingerprint density at radius 2 is 1.89 bits per heavy atom. The van der Waals surface area contributed by atoms with E-state index in [0.717, 1.165) is 13.1 Å². The van der Waals surface area contributed by atoms with Crippen molar-refractivity contribution in [2.24, 2.45) is 0 Å². The fourth-order valence-electron chi connectivity index (χ4n) is 2.98. The zero-order chi connectivity index (χ0) is 19.4. The van der Waals surface area contributed by atoms with E-state index in [9.17, 15) is 19.2 Å². The van der Waals surface area contributed by atoms with Gasteiger partial charge in [0.15, 0.2) is 0 Å². The lowest BCUT2D eigenvalue weighted by molar-refractivity contribution is -0.385. The van der Waals surface area contributed by atoms with Gasteiger partial charge in [0.1, 0.15) is 6.61 Å². The molecule has 150 valence electrons. The van der Waals surface area contributed by atoms with Gasteiger partial charge in [-0.2, -0.15) is 20.6 Å². The molecule has 2 aliphatic heterocycles. The first kappa shape index (κ1) is 19.6. The number of aromatic nitrogens is 2. The molecule has 0 unspecified atom stereocenters. The molecule has 0 amide bonds. The molecule has 0 spiro atoms. The molecule has 12 heteroatoms. The summed E-state index contributed by atoms with van der Waals surface area (Å²) in [6, 6.07) is 0. The number of anilines is 2. The SMILES string of the molecule is C=CCOc1nc(N2CCNCC2)nc(N2CCS(O)(O)CC2)c1[N+](=O)[O-]. The van der Waals surface area contributed by atoms with Crippen LogP contribution in [-0.2, 0) is 0 Å². The third-order valence-corrected chi connectivity index (χ3v) is 6.09. The minimum atomic E-state index is -2.63. The predicted molar refractivity (Wildman–Crippen MR) is 104 cm³/mol. The number of hydrogen-bond acceptors (Lipinski definition) is 10. The Balaban J connectivity index is 2.01. The van der Waals surface area contributed by atoms with Gasteiger partial charge in [0, 0.05) is 39.3 Å². The summed E-state index contributed by atoms with van der Waals surface area (Å²) in [7, 11) is -2.63. The molecule has 3 rings (SSSR count). The van der Waals surface area contributed by atoms with Crippen LogP contribution in [0.5, 0.6) is 5.88 Å². The van der Waals surface area contributed by atoms with E-state index in [0.29, 0.717) is 19.0 Å². The molecule has 11 nitrogen and oxygen atoms in total. The zero-order valence-electron chi connectivity index (χ0n) is 14.9. The van der Waals surface area contributed by atoms with E-state index in [1.165, 1.54) is 6.08 Å². The van der Waals surface area contributed by atoms with Crippen molar-refractivity contribution < 1.29 is 18.8 Å². The molecule has 0 radical (unpaired) electrons. The molecule has 2 aliphatic rings. The number of piperazine rings is 1. The van der Waals surface area contributed by atoms with Crippen molar-refractivity contribution >= 4 is 28.0 Å². The standard InChI is InChI=1S/C15H24N6O5S/c1-2-9-26-14-12(21(22)23)13(19-7-10-27(24,25)11-8-19)17-15(18-14)20-5-3-16-4-6-20/h2,16,24-25H,1,3-11H2. The van der Waals surface area contributed by atoms with Crippen LogP contribution in [0, 0.1) is 10.1 Å². The number of hydrogen-bond donors (Lipinski definition) is 3. The van der Waals surface area contributed by atoms with E-state index in [4.69, 9.17) is 4.74 Å². The van der Waals surface area contributed by atoms with Gasteiger partial charge >= 0.3 is 11.6 Å². The quantitative estimate of drug-likeness (QED) is 0.359. The third kappa shape index (κ3) is 4.58. The summed E-state index contributed by atoms with van der Waals surface area (Å²) in [6.07, 6.45) is 1.49. The van der Waals surface area contributed by atoms with Crippen LogP contribution in [0.1, 0.15) is 0 Å². The van der Waals surface area contributed by atoms with E-state index in [1.807, 2.05) is 4.90 Å². The number of rotatable bonds is 6. The summed E-state index contributed by atoms with van der Waals surface area (Å²) in [4.78, 5) is 23.6. The molecule has 0 bridgehead atoms. The van der Waals surface area contributed by atoms with Crippen LogP contribution >= 0.6 is 10.6 Å². The maximum Gasteiger partial charge on any atom is 0.373 e. The second-order valence-corrected chi connectivity index (χ2v) is 8.71. The molecule has 3 N–H and O–H groups in total. The topological polar surface area (TPSA) is 137 Å². The summed E-state index contributed by atoms with van der Waals surface area (Å²) in [5, 5.41) is 15.0. The highest BCUT2D eigenvalue weighted by Gasteiger charge is 2.34. The van der Waals surface area contributed by atoms with Crippen LogP contribution in [0.15, 0.2) is 12.7 Å². The Labute approximate surface area is 158 Å². The lowest BCUT2D eigenvalue weighted by atomic mass is 10.3. The first-order chi connectivity index (χ1) is 12.9. The normalized spacial score (nSPS) is 20.8. The summed E-state index contributed by atoms with van der Waals surface area (Å²) in [6.45, 7) is 7.08. The maximum atomic E-state index is 11.7. The van der Waals surface area contributed by atoms with E-state index in [1.54, 1.807) is 4.90 Å². The molecule has 3 heterocycles. The van der Waals surface area contributed by atoms with Crippen LogP contribution < -0.4 is 19.9 Å². The summed E-state index contributed by atoms with van der Waals surface area (Å²) in [5.41, 5.74) is -0.311. The molecule has 1 aromatic heterocycles. The molecule has 27 heavy (non-hydrogen) atoms. The highest BCUT2D eigenvalue weighted by Crippen LogP contribution is 2.43. The number of nitro groups is 1. The summed E-state index contributed by atoms with van der Waals surface area (Å²) >= 11 is 0. The van der Waals surface area contributed by atoms with E-state index in [2.05, 4.69) is 21.9 Å². The number of nitrogens with zero attached hydrogens (tertiary/aromatic N) is 5. The Hall–Kier alpha value is -2.15. The van der Waals surface area contributed by atoms with Crippen molar-refractivity contribution in [1.82, 2.24) is 15.3 Å².